The van der Waals surface area contributed by atoms with Crippen molar-refractivity contribution < 1.29 is 9.53 Å². The second kappa shape index (κ2) is 11.8. The Morgan fingerprint density at radius 2 is 1.79 bits per heavy atom. The number of aromatic nitrogens is 2. The highest BCUT2D eigenvalue weighted by Crippen LogP contribution is 2.27. The zero-order valence-corrected chi connectivity index (χ0v) is 17.8. The largest absolute Gasteiger partial charge is 0.496 e. The van der Waals surface area contributed by atoms with E-state index in [1.807, 2.05) is 25.2 Å². The minimum Gasteiger partial charge on any atom is -0.496 e. The van der Waals surface area contributed by atoms with E-state index in [4.69, 9.17) is 4.74 Å². The Kier molecular flexibility index (Phi) is 10.2. The number of hydrogen-bond donors (Lipinski definition) is 2. The van der Waals surface area contributed by atoms with E-state index in [2.05, 4.69) is 20.6 Å². The van der Waals surface area contributed by atoms with Crippen LogP contribution < -0.4 is 15.4 Å². The predicted octanol–water partition coefficient (Wildman–Crippen LogP) is 3.39. The maximum atomic E-state index is 12.5. The number of nitrogens with zero attached hydrogens (tertiary/aromatic N) is 2. The van der Waals surface area contributed by atoms with Crippen LogP contribution >= 0.6 is 24.8 Å². The average Bonchev–Trinajstić information content (AvgIpc) is 2.72. The van der Waals surface area contributed by atoms with Crippen LogP contribution in [0.15, 0.2) is 36.9 Å². The molecule has 0 atom stereocenters. The summed E-state index contributed by atoms with van der Waals surface area (Å²) in [5, 5.41) is 6.38. The smallest absolute Gasteiger partial charge is 0.223 e. The molecule has 3 rings (SSSR count). The molecular formula is C20H28Cl2N4O2. The van der Waals surface area contributed by atoms with Gasteiger partial charge in [0.25, 0.3) is 0 Å². The zero-order chi connectivity index (χ0) is 18.4. The van der Waals surface area contributed by atoms with Crippen molar-refractivity contribution in [1.82, 2.24) is 20.6 Å². The standard InChI is InChI=1S/C20H26N4O2.2ClH/c1-21-18-6-3-14(4-7-18)20(25)24-12-16-9-15(5-8-19(16)26-2)17-10-22-13-23-11-17;;/h5,8-11,13-14,18,21H,3-4,6-7,12H2,1-2H3,(H,24,25);2*1H. The van der Waals surface area contributed by atoms with Gasteiger partial charge in [-0.25, -0.2) is 9.97 Å². The van der Waals surface area contributed by atoms with Gasteiger partial charge in [0.05, 0.1) is 7.11 Å². The van der Waals surface area contributed by atoms with Crippen LogP contribution in [0.2, 0.25) is 0 Å². The molecule has 2 N–H and O–H groups in total. The van der Waals surface area contributed by atoms with Crippen LogP contribution in [0, 0.1) is 5.92 Å². The Bertz CT molecular complexity index is 738. The van der Waals surface area contributed by atoms with E-state index >= 15 is 0 Å². The second-order valence-electron chi connectivity index (χ2n) is 6.71. The van der Waals surface area contributed by atoms with Gasteiger partial charge in [-0.15, -0.1) is 24.8 Å². The van der Waals surface area contributed by atoms with Crippen molar-refractivity contribution in [1.29, 1.82) is 0 Å². The maximum absolute atomic E-state index is 12.5. The fraction of sp³-hybridized carbons (Fsp3) is 0.450. The monoisotopic (exact) mass is 426 g/mol. The molecule has 0 radical (unpaired) electrons. The number of carbonyl (C=O) groups is 1. The van der Waals surface area contributed by atoms with E-state index in [1.165, 1.54) is 6.33 Å². The summed E-state index contributed by atoms with van der Waals surface area (Å²) in [5.41, 5.74) is 2.89. The summed E-state index contributed by atoms with van der Waals surface area (Å²) in [6.45, 7) is 0.454. The Labute approximate surface area is 178 Å². The number of amides is 1. The normalized spacial score (nSPS) is 18.4. The van der Waals surface area contributed by atoms with Crippen LogP contribution in [0.3, 0.4) is 0 Å². The minimum atomic E-state index is 0. The van der Waals surface area contributed by atoms with E-state index in [0.717, 1.165) is 48.1 Å². The van der Waals surface area contributed by atoms with E-state index in [0.29, 0.717) is 12.6 Å². The lowest BCUT2D eigenvalue weighted by Crippen LogP contribution is -2.37. The highest BCUT2D eigenvalue weighted by Gasteiger charge is 2.25. The van der Waals surface area contributed by atoms with Gasteiger partial charge < -0.3 is 15.4 Å². The molecule has 1 amide bonds. The van der Waals surface area contributed by atoms with Gasteiger partial charge >= 0.3 is 0 Å². The molecule has 1 aromatic carbocycles. The SMILES string of the molecule is CNC1CCC(C(=O)NCc2cc(-c3cncnc3)ccc2OC)CC1.Cl.Cl. The Balaban J connectivity index is 0.00000196. The van der Waals surface area contributed by atoms with Crippen molar-refractivity contribution >= 4 is 30.7 Å². The Morgan fingerprint density at radius 1 is 1.11 bits per heavy atom. The number of halogens is 2. The topological polar surface area (TPSA) is 76.1 Å². The lowest BCUT2D eigenvalue weighted by molar-refractivity contribution is -0.126. The highest BCUT2D eigenvalue weighted by atomic mass is 35.5. The van der Waals surface area contributed by atoms with Crippen molar-refractivity contribution in [3.63, 3.8) is 0 Å². The lowest BCUT2D eigenvalue weighted by atomic mass is 9.85. The van der Waals surface area contributed by atoms with E-state index < -0.39 is 0 Å². The Hall–Kier alpha value is -1.89. The molecule has 1 heterocycles. The van der Waals surface area contributed by atoms with Gasteiger partial charge in [0.15, 0.2) is 0 Å². The summed E-state index contributed by atoms with van der Waals surface area (Å²) < 4.78 is 5.45. The first-order valence-electron chi connectivity index (χ1n) is 9.08. The molecule has 1 aromatic heterocycles. The molecule has 1 saturated carbocycles. The molecule has 1 fully saturated rings. The third-order valence-corrected chi connectivity index (χ3v) is 5.13. The van der Waals surface area contributed by atoms with E-state index in [-0.39, 0.29) is 36.6 Å². The van der Waals surface area contributed by atoms with Crippen molar-refractivity contribution in [2.45, 2.75) is 38.3 Å². The molecule has 0 unspecified atom stereocenters. The number of carbonyl (C=O) groups excluding carboxylic acids is 1. The van der Waals surface area contributed by atoms with Crippen molar-refractivity contribution in [2.75, 3.05) is 14.2 Å². The highest BCUT2D eigenvalue weighted by molar-refractivity contribution is 5.85. The number of nitrogens with one attached hydrogen (secondary N) is 2. The summed E-state index contributed by atoms with van der Waals surface area (Å²) in [4.78, 5) is 20.7. The summed E-state index contributed by atoms with van der Waals surface area (Å²) in [5.74, 6) is 1.01. The number of benzene rings is 1. The summed E-state index contributed by atoms with van der Waals surface area (Å²) >= 11 is 0. The zero-order valence-electron chi connectivity index (χ0n) is 16.2. The first-order chi connectivity index (χ1) is 12.7. The maximum Gasteiger partial charge on any atom is 0.223 e. The molecule has 8 heteroatoms. The molecular weight excluding hydrogens is 399 g/mol. The predicted molar refractivity (Wildman–Crippen MR) is 115 cm³/mol. The fourth-order valence-corrected chi connectivity index (χ4v) is 3.52. The molecule has 0 spiro atoms. The molecule has 154 valence electrons. The van der Waals surface area contributed by atoms with Gasteiger partial charge in [0.1, 0.15) is 12.1 Å². The number of rotatable bonds is 6. The van der Waals surface area contributed by atoms with Crippen molar-refractivity contribution in [2.24, 2.45) is 5.92 Å². The van der Waals surface area contributed by atoms with Crippen LogP contribution in [-0.4, -0.2) is 36.1 Å². The van der Waals surface area contributed by atoms with Gasteiger partial charge in [-0.3, -0.25) is 4.79 Å². The molecule has 28 heavy (non-hydrogen) atoms. The number of methoxy groups -OCH3 is 1. The Morgan fingerprint density at radius 3 is 2.39 bits per heavy atom. The van der Waals surface area contributed by atoms with Crippen molar-refractivity contribution in [3.8, 4) is 16.9 Å². The molecule has 2 aromatic rings. The van der Waals surface area contributed by atoms with Gasteiger partial charge in [-0.05, 0) is 50.4 Å². The number of ether oxygens (including phenoxy) is 1. The molecule has 0 aliphatic heterocycles. The third kappa shape index (κ3) is 6.06. The fourth-order valence-electron chi connectivity index (χ4n) is 3.52. The van der Waals surface area contributed by atoms with Gasteiger partial charge in [0, 0.05) is 42.0 Å². The lowest BCUT2D eigenvalue weighted by Gasteiger charge is -2.27. The van der Waals surface area contributed by atoms with E-state index in [9.17, 15) is 4.79 Å². The molecule has 1 aliphatic carbocycles. The molecule has 1 aliphatic rings. The third-order valence-electron chi connectivity index (χ3n) is 5.13. The first-order valence-corrected chi connectivity index (χ1v) is 9.08. The van der Waals surface area contributed by atoms with Crippen molar-refractivity contribution in [3.05, 3.63) is 42.5 Å². The first kappa shape index (κ1) is 24.1. The van der Waals surface area contributed by atoms with Crippen LogP contribution in [0.5, 0.6) is 5.75 Å². The molecule has 0 saturated heterocycles. The summed E-state index contributed by atoms with van der Waals surface area (Å²) in [6, 6.07) is 6.46. The second-order valence-corrected chi connectivity index (χ2v) is 6.71. The van der Waals surface area contributed by atoms with Gasteiger partial charge in [-0.1, -0.05) is 6.07 Å². The molecule has 6 nitrogen and oxygen atoms in total. The van der Waals surface area contributed by atoms with Gasteiger partial charge in [0.2, 0.25) is 5.91 Å². The average molecular weight is 427 g/mol. The quantitative estimate of drug-likeness (QED) is 0.739. The summed E-state index contributed by atoms with van der Waals surface area (Å²) in [6.07, 6.45) is 9.06. The van der Waals surface area contributed by atoms with Crippen LogP contribution in [0.1, 0.15) is 31.2 Å². The van der Waals surface area contributed by atoms with E-state index in [1.54, 1.807) is 19.5 Å². The summed E-state index contributed by atoms with van der Waals surface area (Å²) in [7, 11) is 3.63. The van der Waals surface area contributed by atoms with Crippen LogP contribution in [0.25, 0.3) is 11.1 Å². The number of hydrogen-bond acceptors (Lipinski definition) is 5. The van der Waals surface area contributed by atoms with Crippen LogP contribution in [0.4, 0.5) is 0 Å². The van der Waals surface area contributed by atoms with Gasteiger partial charge in [-0.2, -0.15) is 0 Å². The minimum absolute atomic E-state index is 0. The molecule has 0 bridgehead atoms. The van der Waals surface area contributed by atoms with Crippen LogP contribution in [-0.2, 0) is 11.3 Å².